The minimum absolute atomic E-state index is 0.339. The van der Waals surface area contributed by atoms with Crippen LogP contribution in [0, 0.1) is 0 Å². The van der Waals surface area contributed by atoms with Crippen molar-refractivity contribution in [1.82, 2.24) is 0 Å². The van der Waals surface area contributed by atoms with Gasteiger partial charge in [-0.05, 0) is 65.8 Å². The second-order valence-corrected chi connectivity index (χ2v) is 5.95. The van der Waals surface area contributed by atoms with E-state index in [1.807, 2.05) is 6.92 Å². The van der Waals surface area contributed by atoms with E-state index in [9.17, 15) is 0 Å². The van der Waals surface area contributed by atoms with Crippen LogP contribution in [0.3, 0.4) is 0 Å². The highest BCUT2D eigenvalue weighted by atomic mass is 15.2. The second-order valence-electron chi connectivity index (χ2n) is 5.95. The van der Waals surface area contributed by atoms with Crippen LogP contribution in [-0.2, 0) is 0 Å². The molecule has 0 saturated carbocycles. The van der Waals surface area contributed by atoms with Crippen LogP contribution < -0.4 is 10.2 Å². The summed E-state index contributed by atoms with van der Waals surface area (Å²) in [7, 11) is 0. The van der Waals surface area contributed by atoms with Crippen LogP contribution in [0.15, 0.2) is 60.7 Å². The highest BCUT2D eigenvalue weighted by Crippen LogP contribution is 2.24. The number of nitrogens with zero attached hydrogens (tertiary/aromatic N) is 1. The Labute approximate surface area is 142 Å². The first-order valence-electron chi connectivity index (χ1n) is 8.56. The number of anilines is 2. The Bertz CT molecular complexity index is 507. The molecule has 126 valence electrons. The summed E-state index contributed by atoms with van der Waals surface area (Å²) in [6, 6.07) is 9.76. The first-order chi connectivity index (χ1) is 11.0. The summed E-state index contributed by atoms with van der Waals surface area (Å²) in [5.41, 5.74) is 2.39. The topological polar surface area (TPSA) is 15.3 Å². The zero-order valence-corrected chi connectivity index (χ0v) is 15.5. The lowest BCUT2D eigenvalue weighted by Gasteiger charge is -2.34. The van der Waals surface area contributed by atoms with Gasteiger partial charge in [-0.3, -0.25) is 0 Å². The molecule has 0 aliphatic rings. The zero-order chi connectivity index (χ0) is 17.2. The third-order valence-electron chi connectivity index (χ3n) is 3.86. The quantitative estimate of drug-likeness (QED) is 0.610. The molecule has 0 spiro atoms. The molecule has 0 bridgehead atoms. The number of hydrogen-bond donors (Lipinski definition) is 1. The maximum absolute atomic E-state index is 3.48. The molecule has 3 atom stereocenters. The smallest absolute Gasteiger partial charge is 0.0450 e. The van der Waals surface area contributed by atoms with Gasteiger partial charge >= 0.3 is 0 Å². The van der Waals surface area contributed by atoms with Crippen LogP contribution in [0.25, 0.3) is 0 Å². The van der Waals surface area contributed by atoms with Gasteiger partial charge < -0.3 is 10.2 Å². The van der Waals surface area contributed by atoms with Gasteiger partial charge in [0, 0.05) is 29.5 Å². The maximum Gasteiger partial charge on any atom is 0.0450 e. The Morgan fingerprint density at radius 3 is 1.70 bits per heavy atom. The Morgan fingerprint density at radius 1 is 0.783 bits per heavy atom. The van der Waals surface area contributed by atoms with E-state index in [1.165, 1.54) is 5.69 Å². The van der Waals surface area contributed by atoms with Gasteiger partial charge in [0.25, 0.3) is 0 Å². The van der Waals surface area contributed by atoms with E-state index in [-0.39, 0.29) is 0 Å². The summed E-state index contributed by atoms with van der Waals surface area (Å²) in [4.78, 5) is 2.43. The molecule has 0 aliphatic carbocycles. The third kappa shape index (κ3) is 5.97. The van der Waals surface area contributed by atoms with Gasteiger partial charge in [-0.15, -0.1) is 0 Å². The van der Waals surface area contributed by atoms with E-state index in [0.717, 1.165) is 5.69 Å². The van der Waals surface area contributed by atoms with Gasteiger partial charge in [0.1, 0.15) is 0 Å². The normalized spacial score (nSPS) is 16.1. The van der Waals surface area contributed by atoms with Crippen LogP contribution in [0.5, 0.6) is 0 Å². The van der Waals surface area contributed by atoms with Gasteiger partial charge in [0.2, 0.25) is 0 Å². The summed E-state index contributed by atoms with van der Waals surface area (Å²) < 4.78 is 0. The molecular weight excluding hydrogens is 280 g/mol. The fourth-order valence-electron chi connectivity index (χ4n) is 2.91. The van der Waals surface area contributed by atoms with Crippen molar-refractivity contribution in [3.63, 3.8) is 0 Å². The summed E-state index contributed by atoms with van der Waals surface area (Å²) in [5, 5.41) is 3.48. The van der Waals surface area contributed by atoms with Crippen molar-refractivity contribution in [2.24, 2.45) is 0 Å². The average Bonchev–Trinajstić information content (AvgIpc) is 2.50. The van der Waals surface area contributed by atoms with Crippen LogP contribution >= 0.6 is 0 Å². The van der Waals surface area contributed by atoms with Crippen LogP contribution in [-0.4, -0.2) is 18.1 Å². The van der Waals surface area contributed by atoms with Gasteiger partial charge in [0.15, 0.2) is 0 Å². The van der Waals surface area contributed by atoms with E-state index in [4.69, 9.17) is 0 Å². The Balaban J connectivity index is 2.98. The van der Waals surface area contributed by atoms with Crippen molar-refractivity contribution in [2.75, 3.05) is 10.2 Å². The number of benzene rings is 1. The van der Waals surface area contributed by atoms with Crippen LogP contribution in [0.2, 0.25) is 0 Å². The highest BCUT2D eigenvalue weighted by molar-refractivity contribution is 5.57. The number of allylic oxidation sites excluding steroid dienone is 3. The molecule has 23 heavy (non-hydrogen) atoms. The second kappa shape index (κ2) is 9.94. The van der Waals surface area contributed by atoms with Crippen molar-refractivity contribution in [3.8, 4) is 0 Å². The molecule has 2 heteroatoms. The van der Waals surface area contributed by atoms with Crippen LogP contribution in [0.1, 0.15) is 41.5 Å². The number of hydrogen-bond acceptors (Lipinski definition) is 2. The maximum atomic E-state index is 3.48. The lowest BCUT2D eigenvalue weighted by Crippen LogP contribution is -2.38. The first-order valence-corrected chi connectivity index (χ1v) is 8.56. The third-order valence-corrected chi connectivity index (χ3v) is 3.86. The number of nitrogens with one attached hydrogen (secondary N) is 1. The van der Waals surface area contributed by atoms with Crippen molar-refractivity contribution in [1.29, 1.82) is 0 Å². The van der Waals surface area contributed by atoms with Gasteiger partial charge in [0.05, 0.1) is 0 Å². The first kappa shape index (κ1) is 19.1. The molecule has 1 aromatic carbocycles. The predicted molar refractivity (Wildman–Crippen MR) is 105 cm³/mol. The predicted octanol–water partition coefficient (Wildman–Crippen LogP) is 5.80. The highest BCUT2D eigenvalue weighted by Gasteiger charge is 2.16. The summed E-state index contributed by atoms with van der Waals surface area (Å²) in [5.74, 6) is 0. The van der Waals surface area contributed by atoms with Gasteiger partial charge in [-0.1, -0.05) is 36.5 Å². The van der Waals surface area contributed by atoms with Gasteiger partial charge in [-0.25, -0.2) is 0 Å². The largest absolute Gasteiger partial charge is 0.379 e. The summed E-state index contributed by atoms with van der Waals surface area (Å²) in [6.07, 6.45) is 12.9. The van der Waals surface area contributed by atoms with E-state index >= 15 is 0 Å². The molecule has 1 aromatic rings. The number of rotatable bonds is 8. The molecule has 1 N–H and O–H groups in total. The Kier molecular flexibility index (Phi) is 8.25. The average molecular weight is 313 g/mol. The van der Waals surface area contributed by atoms with Crippen molar-refractivity contribution < 1.29 is 0 Å². The molecule has 0 aromatic heterocycles. The van der Waals surface area contributed by atoms with Crippen molar-refractivity contribution >= 4 is 11.4 Å². The molecular formula is C21H32N2. The van der Waals surface area contributed by atoms with Crippen molar-refractivity contribution in [3.05, 3.63) is 60.7 Å². The lowest BCUT2D eigenvalue weighted by atomic mass is 10.1. The molecule has 0 heterocycles. The van der Waals surface area contributed by atoms with Crippen molar-refractivity contribution in [2.45, 2.75) is 59.7 Å². The fraction of sp³-hybridized carbons (Fsp3) is 0.429. The van der Waals surface area contributed by atoms with Gasteiger partial charge in [-0.2, -0.15) is 0 Å². The standard InChI is InChI=1S/C21H32N2/c1-7-10-17(4)22-20-13-15-21(16-14-20)23(18(5)11-8-2)19(6)12-9-3/h7-19,22H,1-6H3/b10-7+,11-8+,12-9+. The molecule has 0 aliphatic heterocycles. The fourth-order valence-corrected chi connectivity index (χ4v) is 2.91. The summed E-state index contributed by atoms with van der Waals surface area (Å²) in [6.45, 7) is 12.8. The summed E-state index contributed by atoms with van der Waals surface area (Å²) >= 11 is 0. The minimum atomic E-state index is 0.339. The monoisotopic (exact) mass is 312 g/mol. The molecule has 0 radical (unpaired) electrons. The SMILES string of the molecule is C/C=C/C(C)Nc1ccc(N(C(C)/C=C/C)C(C)/C=C/C)cc1. The minimum Gasteiger partial charge on any atom is -0.379 e. The molecule has 2 nitrogen and oxygen atoms in total. The Morgan fingerprint density at radius 2 is 1.26 bits per heavy atom. The van der Waals surface area contributed by atoms with E-state index in [1.54, 1.807) is 0 Å². The molecule has 1 rings (SSSR count). The molecule has 0 fully saturated rings. The zero-order valence-electron chi connectivity index (χ0n) is 15.5. The lowest BCUT2D eigenvalue weighted by molar-refractivity contribution is 0.681. The molecule has 0 saturated heterocycles. The van der Waals surface area contributed by atoms with E-state index < -0.39 is 0 Å². The molecule has 0 amide bonds. The Hall–Kier alpha value is -1.96. The molecule has 3 unspecified atom stereocenters. The van der Waals surface area contributed by atoms with E-state index in [2.05, 4.69) is 106 Å². The van der Waals surface area contributed by atoms with E-state index in [0.29, 0.717) is 18.1 Å². The van der Waals surface area contributed by atoms with Crippen LogP contribution in [0.4, 0.5) is 11.4 Å².